The first-order chi connectivity index (χ1) is 19.3. The van der Waals surface area contributed by atoms with Crippen molar-refractivity contribution in [3.63, 3.8) is 0 Å². The fourth-order valence-corrected chi connectivity index (χ4v) is 4.81. The molecule has 1 N–H and O–H groups in total. The lowest BCUT2D eigenvalue weighted by molar-refractivity contribution is 0.0238. The van der Waals surface area contributed by atoms with Gasteiger partial charge in [-0.3, -0.25) is 9.78 Å². The maximum Gasteiger partial charge on any atom is 0.255 e. The molecule has 0 spiro atoms. The number of hydrogen-bond acceptors (Lipinski definition) is 8. The molecule has 2 fully saturated rings. The van der Waals surface area contributed by atoms with E-state index in [9.17, 15) is 10.1 Å². The van der Waals surface area contributed by atoms with E-state index in [0.717, 1.165) is 48.4 Å². The number of morpholine rings is 1. The van der Waals surface area contributed by atoms with Crippen molar-refractivity contribution in [2.45, 2.75) is 45.1 Å². The Morgan fingerprint density at radius 3 is 2.58 bits per heavy atom. The third-order valence-electron chi connectivity index (χ3n) is 7.33. The molecule has 2 saturated heterocycles. The number of benzene rings is 1. The highest BCUT2D eigenvalue weighted by molar-refractivity contribution is 6.04. The Morgan fingerprint density at radius 2 is 1.82 bits per heavy atom. The quantitative estimate of drug-likeness (QED) is 0.450. The van der Waals surface area contributed by atoms with Crippen molar-refractivity contribution >= 4 is 17.4 Å². The fraction of sp³-hybridized carbons (Fsp3) is 0.419. The minimum Gasteiger partial charge on any atom is -0.474 e. The van der Waals surface area contributed by atoms with Crippen LogP contribution in [0.15, 0.2) is 48.7 Å². The topological polar surface area (TPSA) is 110 Å². The Hall–Kier alpha value is -4.00. The number of nitriles is 1. The van der Waals surface area contributed by atoms with Gasteiger partial charge in [0.15, 0.2) is 0 Å². The number of pyridine rings is 2. The van der Waals surface area contributed by atoms with Crippen molar-refractivity contribution in [1.29, 1.82) is 5.26 Å². The number of hydrogen-bond donors (Lipinski definition) is 1. The molecular weight excluding hydrogens is 506 g/mol. The number of nitrogens with one attached hydrogen (secondary N) is 1. The standard InChI is InChI=1S/C31H35N5O4/c1-21-4-5-24(34-30(37)22-6-9-33-27(16-22)31(2,3)20-32)19-26(21)23-17-28(36-10-14-39-15-11-36)35-29(18-23)40-25-7-12-38-13-8-25/h4-6,9,16-19,25H,7-8,10-15H2,1-3H3,(H,34,37). The number of carbonyl (C=O) groups excluding carboxylic acids is 1. The van der Waals surface area contributed by atoms with Crippen LogP contribution in [-0.4, -0.2) is 61.5 Å². The van der Waals surface area contributed by atoms with E-state index in [2.05, 4.69) is 27.3 Å². The van der Waals surface area contributed by atoms with Gasteiger partial charge in [0, 0.05) is 49.4 Å². The lowest BCUT2D eigenvalue weighted by Gasteiger charge is -2.29. The van der Waals surface area contributed by atoms with E-state index in [1.54, 1.807) is 32.2 Å². The molecule has 9 heteroatoms. The Balaban J connectivity index is 1.44. The molecule has 2 aliphatic rings. The molecule has 4 heterocycles. The molecule has 3 aromatic rings. The van der Waals surface area contributed by atoms with E-state index in [1.807, 2.05) is 31.2 Å². The fourth-order valence-electron chi connectivity index (χ4n) is 4.81. The second-order valence-electron chi connectivity index (χ2n) is 10.7. The van der Waals surface area contributed by atoms with Gasteiger partial charge < -0.3 is 24.4 Å². The lowest BCUT2D eigenvalue weighted by atomic mass is 9.90. The maximum atomic E-state index is 13.2. The van der Waals surface area contributed by atoms with E-state index in [1.165, 1.54) is 0 Å². The van der Waals surface area contributed by atoms with Gasteiger partial charge >= 0.3 is 0 Å². The summed E-state index contributed by atoms with van der Waals surface area (Å²) in [6, 6.07) is 15.5. The summed E-state index contributed by atoms with van der Waals surface area (Å²) < 4.78 is 17.4. The number of nitrogens with zero attached hydrogens (tertiary/aromatic N) is 4. The van der Waals surface area contributed by atoms with Crippen LogP contribution in [0.5, 0.6) is 5.88 Å². The lowest BCUT2D eigenvalue weighted by Crippen LogP contribution is -2.36. The zero-order valence-corrected chi connectivity index (χ0v) is 23.3. The monoisotopic (exact) mass is 541 g/mol. The summed E-state index contributed by atoms with van der Waals surface area (Å²) in [6.45, 7) is 9.83. The SMILES string of the molecule is Cc1ccc(NC(=O)c2ccnc(C(C)(C)C#N)c2)cc1-c1cc(OC2CCOCC2)nc(N2CCOCC2)c1. The van der Waals surface area contributed by atoms with Crippen molar-refractivity contribution in [1.82, 2.24) is 9.97 Å². The molecule has 2 aromatic heterocycles. The van der Waals surface area contributed by atoms with Gasteiger partial charge in [0.2, 0.25) is 5.88 Å². The molecule has 0 aliphatic carbocycles. The summed E-state index contributed by atoms with van der Waals surface area (Å²) in [5.74, 6) is 1.17. The molecule has 40 heavy (non-hydrogen) atoms. The molecule has 0 saturated carbocycles. The maximum absolute atomic E-state index is 13.2. The van der Waals surface area contributed by atoms with E-state index >= 15 is 0 Å². The van der Waals surface area contributed by atoms with Crippen molar-refractivity contribution in [3.05, 3.63) is 65.5 Å². The molecule has 2 aliphatic heterocycles. The Kier molecular flexibility index (Phi) is 8.29. The van der Waals surface area contributed by atoms with Crippen LogP contribution in [0.2, 0.25) is 0 Å². The molecule has 5 rings (SSSR count). The van der Waals surface area contributed by atoms with Gasteiger partial charge in [-0.05, 0) is 67.8 Å². The van der Waals surface area contributed by atoms with Crippen LogP contribution in [0.1, 0.15) is 48.3 Å². The predicted octanol–water partition coefficient (Wildman–Crippen LogP) is 4.90. The van der Waals surface area contributed by atoms with Crippen LogP contribution in [-0.2, 0) is 14.9 Å². The third kappa shape index (κ3) is 6.41. The number of carbonyl (C=O) groups is 1. The Morgan fingerprint density at radius 1 is 1.07 bits per heavy atom. The van der Waals surface area contributed by atoms with Crippen LogP contribution in [0, 0.1) is 18.3 Å². The summed E-state index contributed by atoms with van der Waals surface area (Å²) in [5, 5.41) is 12.5. The van der Waals surface area contributed by atoms with Gasteiger partial charge in [-0.1, -0.05) is 6.07 Å². The van der Waals surface area contributed by atoms with E-state index in [4.69, 9.17) is 19.2 Å². The third-order valence-corrected chi connectivity index (χ3v) is 7.33. The number of rotatable bonds is 7. The summed E-state index contributed by atoms with van der Waals surface area (Å²) in [4.78, 5) is 24.5. The van der Waals surface area contributed by atoms with Crippen LogP contribution < -0.4 is 15.0 Å². The number of ether oxygens (including phenoxy) is 3. The summed E-state index contributed by atoms with van der Waals surface area (Å²) in [6.07, 6.45) is 3.30. The average molecular weight is 542 g/mol. The van der Waals surface area contributed by atoms with Crippen LogP contribution >= 0.6 is 0 Å². The van der Waals surface area contributed by atoms with Gasteiger partial charge in [0.05, 0.1) is 43.6 Å². The molecule has 9 nitrogen and oxygen atoms in total. The number of aryl methyl sites for hydroxylation is 1. The predicted molar refractivity (Wildman–Crippen MR) is 153 cm³/mol. The van der Waals surface area contributed by atoms with Crippen LogP contribution in [0.4, 0.5) is 11.5 Å². The van der Waals surface area contributed by atoms with Gasteiger partial charge in [-0.25, -0.2) is 0 Å². The first kappa shape index (κ1) is 27.6. The van der Waals surface area contributed by atoms with E-state index in [0.29, 0.717) is 49.3 Å². The van der Waals surface area contributed by atoms with E-state index < -0.39 is 5.41 Å². The van der Waals surface area contributed by atoms with Gasteiger partial charge in [0.25, 0.3) is 5.91 Å². The van der Waals surface area contributed by atoms with Crippen LogP contribution in [0.25, 0.3) is 11.1 Å². The molecular formula is C31H35N5O4. The average Bonchev–Trinajstić information content (AvgIpc) is 2.99. The van der Waals surface area contributed by atoms with Gasteiger partial charge in [0.1, 0.15) is 11.9 Å². The molecule has 1 amide bonds. The summed E-state index contributed by atoms with van der Waals surface area (Å²) in [7, 11) is 0. The van der Waals surface area contributed by atoms with Crippen molar-refractivity contribution in [3.8, 4) is 23.1 Å². The van der Waals surface area contributed by atoms with E-state index in [-0.39, 0.29) is 12.0 Å². The first-order valence-corrected chi connectivity index (χ1v) is 13.7. The molecule has 0 radical (unpaired) electrons. The number of amides is 1. The second kappa shape index (κ2) is 12.0. The molecule has 0 atom stereocenters. The molecule has 0 bridgehead atoms. The highest BCUT2D eigenvalue weighted by Crippen LogP contribution is 2.33. The van der Waals surface area contributed by atoms with Gasteiger partial charge in [-0.2, -0.15) is 10.2 Å². The molecule has 0 unspecified atom stereocenters. The molecule has 208 valence electrons. The molecule has 1 aromatic carbocycles. The second-order valence-corrected chi connectivity index (χ2v) is 10.7. The number of aromatic nitrogens is 2. The van der Waals surface area contributed by atoms with Crippen molar-refractivity contribution < 1.29 is 19.0 Å². The smallest absolute Gasteiger partial charge is 0.255 e. The Labute approximate surface area is 235 Å². The minimum absolute atomic E-state index is 0.0667. The zero-order chi connectivity index (χ0) is 28.1. The first-order valence-electron chi connectivity index (χ1n) is 13.7. The highest BCUT2D eigenvalue weighted by Gasteiger charge is 2.23. The minimum atomic E-state index is -0.794. The highest BCUT2D eigenvalue weighted by atomic mass is 16.5. The van der Waals surface area contributed by atoms with Crippen LogP contribution in [0.3, 0.4) is 0 Å². The Bertz CT molecular complexity index is 1410. The largest absolute Gasteiger partial charge is 0.474 e. The normalized spacial score (nSPS) is 16.3. The number of anilines is 2. The van der Waals surface area contributed by atoms with Gasteiger partial charge in [-0.15, -0.1) is 0 Å². The summed E-state index contributed by atoms with van der Waals surface area (Å²) in [5.41, 5.74) is 3.88. The van der Waals surface area contributed by atoms with Crippen molar-refractivity contribution in [2.75, 3.05) is 49.7 Å². The summed E-state index contributed by atoms with van der Waals surface area (Å²) >= 11 is 0. The zero-order valence-electron chi connectivity index (χ0n) is 23.3. The van der Waals surface area contributed by atoms with Crippen molar-refractivity contribution in [2.24, 2.45) is 0 Å².